The number of aromatic nitrogens is 2. The highest BCUT2D eigenvalue weighted by Crippen LogP contribution is 2.39. The number of aliphatic imine (C=N–C) groups is 2. The van der Waals surface area contributed by atoms with Crippen LogP contribution in [-0.4, -0.2) is 27.4 Å². The molecule has 8 nitrogen and oxygen atoms in total. The third-order valence-electron chi connectivity index (χ3n) is 4.86. The predicted octanol–water partition coefficient (Wildman–Crippen LogP) is 1.56. The van der Waals surface area contributed by atoms with Gasteiger partial charge in [-0.15, -0.1) is 0 Å². The van der Waals surface area contributed by atoms with Crippen LogP contribution < -0.4 is 22.1 Å². The summed E-state index contributed by atoms with van der Waals surface area (Å²) in [6, 6.07) is 7.59. The molecular weight excluding hydrogens is 316 g/mol. The van der Waals surface area contributed by atoms with E-state index in [1.165, 1.54) is 6.42 Å². The lowest BCUT2D eigenvalue weighted by molar-refractivity contribution is 0.305. The summed E-state index contributed by atoms with van der Waals surface area (Å²) in [6.07, 6.45) is 8.82. The maximum Gasteiger partial charge on any atom is 0.220 e. The van der Waals surface area contributed by atoms with Crippen LogP contribution in [-0.2, 0) is 0 Å². The molecule has 0 atom stereocenters. The zero-order valence-electron chi connectivity index (χ0n) is 14.0. The van der Waals surface area contributed by atoms with Crippen molar-refractivity contribution in [1.29, 1.82) is 0 Å². The second kappa shape index (κ2) is 5.80. The molecule has 2 heterocycles. The van der Waals surface area contributed by atoms with Crippen LogP contribution >= 0.6 is 0 Å². The summed E-state index contributed by atoms with van der Waals surface area (Å²) in [4.78, 5) is 10.8. The van der Waals surface area contributed by atoms with Crippen molar-refractivity contribution in [2.75, 3.05) is 10.6 Å². The molecule has 1 spiro atoms. The van der Waals surface area contributed by atoms with Gasteiger partial charge in [0.05, 0.1) is 29.5 Å². The first-order valence-electron chi connectivity index (χ1n) is 8.48. The van der Waals surface area contributed by atoms with Crippen molar-refractivity contribution in [2.45, 2.75) is 37.8 Å². The van der Waals surface area contributed by atoms with Gasteiger partial charge in [0.15, 0.2) is 0 Å². The van der Waals surface area contributed by atoms with Gasteiger partial charge < -0.3 is 17.2 Å². The van der Waals surface area contributed by atoms with Gasteiger partial charge in [-0.1, -0.05) is 18.6 Å². The highest BCUT2D eigenvalue weighted by atomic mass is 15.4. The lowest BCUT2D eigenvalue weighted by Gasteiger charge is -2.44. The van der Waals surface area contributed by atoms with Gasteiger partial charge in [0, 0.05) is 0 Å². The van der Waals surface area contributed by atoms with Crippen molar-refractivity contribution in [3.8, 4) is 5.69 Å². The third-order valence-corrected chi connectivity index (χ3v) is 4.86. The van der Waals surface area contributed by atoms with E-state index >= 15 is 0 Å². The van der Waals surface area contributed by atoms with Crippen molar-refractivity contribution in [2.24, 2.45) is 21.5 Å². The third kappa shape index (κ3) is 2.59. The first-order chi connectivity index (χ1) is 12.1. The largest absolute Gasteiger partial charge is 0.397 e. The average Bonchev–Trinajstić information content (AvgIpc) is 3.04. The molecule has 1 saturated carbocycles. The SMILES string of the molecule is NC1=NC2(CCCCC2)N(c2cnn(-c3ccccc3N)c2)C(N)=N1. The molecule has 0 radical (unpaired) electrons. The highest BCUT2D eigenvalue weighted by molar-refractivity contribution is 6.05. The molecular formula is C17H22N8. The standard InChI is InChI=1S/C17H22N8/c18-13-6-2-3-7-14(13)24-11-12(10-21-24)25-16(20)22-15(19)23-17(25)8-4-1-5-9-17/h2-3,6-7,10-11H,1,4-5,8-9,18H2,(H4,19,20,22,23). The normalized spacial score (nSPS) is 19.6. The number of rotatable bonds is 2. The second-order valence-corrected chi connectivity index (χ2v) is 6.52. The van der Waals surface area contributed by atoms with Crippen LogP contribution in [0.3, 0.4) is 0 Å². The van der Waals surface area contributed by atoms with Crippen LogP contribution in [0.4, 0.5) is 11.4 Å². The number of nitrogens with zero attached hydrogens (tertiary/aromatic N) is 5. The van der Waals surface area contributed by atoms with Crippen molar-refractivity contribution < 1.29 is 0 Å². The maximum atomic E-state index is 6.24. The number of nitrogens with two attached hydrogens (primary N) is 3. The number of para-hydroxylation sites is 2. The van der Waals surface area contributed by atoms with Crippen molar-refractivity contribution in [3.05, 3.63) is 36.7 Å². The van der Waals surface area contributed by atoms with E-state index < -0.39 is 5.66 Å². The second-order valence-electron chi connectivity index (χ2n) is 6.52. The van der Waals surface area contributed by atoms with Gasteiger partial charge in [0.1, 0.15) is 5.66 Å². The molecule has 4 rings (SSSR count). The predicted molar refractivity (Wildman–Crippen MR) is 99.5 cm³/mol. The number of hydrogen-bond donors (Lipinski definition) is 3. The molecule has 0 amide bonds. The quantitative estimate of drug-likeness (QED) is 0.717. The number of anilines is 2. The fourth-order valence-corrected chi connectivity index (χ4v) is 3.75. The number of guanidine groups is 2. The van der Waals surface area contributed by atoms with E-state index in [9.17, 15) is 0 Å². The minimum Gasteiger partial charge on any atom is -0.397 e. The van der Waals surface area contributed by atoms with Crippen LogP contribution in [0.1, 0.15) is 32.1 Å². The van der Waals surface area contributed by atoms with Gasteiger partial charge in [-0.2, -0.15) is 10.1 Å². The van der Waals surface area contributed by atoms with E-state index in [0.717, 1.165) is 37.1 Å². The zero-order chi connectivity index (χ0) is 17.4. The summed E-state index contributed by atoms with van der Waals surface area (Å²) in [6.45, 7) is 0. The minimum absolute atomic E-state index is 0.246. The highest BCUT2D eigenvalue weighted by Gasteiger charge is 2.43. The number of benzene rings is 1. The van der Waals surface area contributed by atoms with Gasteiger partial charge in [0.25, 0.3) is 0 Å². The number of nitrogen functional groups attached to an aromatic ring is 1. The molecule has 0 saturated heterocycles. The molecule has 2 aliphatic rings. The van der Waals surface area contributed by atoms with E-state index in [-0.39, 0.29) is 5.96 Å². The molecule has 2 aromatic rings. The number of hydrogen-bond acceptors (Lipinski definition) is 7. The summed E-state index contributed by atoms with van der Waals surface area (Å²) < 4.78 is 1.75. The Labute approximate surface area is 146 Å². The Kier molecular flexibility index (Phi) is 3.60. The van der Waals surface area contributed by atoms with Crippen molar-refractivity contribution >= 4 is 23.3 Å². The van der Waals surface area contributed by atoms with Crippen LogP contribution in [0.15, 0.2) is 46.6 Å². The minimum atomic E-state index is -0.468. The van der Waals surface area contributed by atoms with E-state index in [4.69, 9.17) is 17.2 Å². The zero-order valence-corrected chi connectivity index (χ0v) is 14.0. The monoisotopic (exact) mass is 338 g/mol. The van der Waals surface area contributed by atoms with E-state index in [0.29, 0.717) is 11.6 Å². The van der Waals surface area contributed by atoms with Gasteiger partial charge in [-0.3, -0.25) is 4.90 Å². The Morgan fingerprint density at radius 2 is 1.76 bits per heavy atom. The molecule has 1 aromatic carbocycles. The average molecular weight is 338 g/mol. The maximum absolute atomic E-state index is 6.24. The van der Waals surface area contributed by atoms with Crippen LogP contribution in [0.25, 0.3) is 5.69 Å². The molecule has 1 aromatic heterocycles. The Morgan fingerprint density at radius 1 is 1.00 bits per heavy atom. The summed E-state index contributed by atoms with van der Waals surface area (Å²) in [5.74, 6) is 0.602. The van der Waals surface area contributed by atoms with Gasteiger partial charge in [0.2, 0.25) is 11.9 Å². The Balaban J connectivity index is 1.75. The molecule has 0 unspecified atom stereocenters. The lowest BCUT2D eigenvalue weighted by atomic mass is 9.87. The smallest absolute Gasteiger partial charge is 0.220 e. The molecule has 8 heteroatoms. The topological polar surface area (TPSA) is 124 Å². The molecule has 130 valence electrons. The molecule has 25 heavy (non-hydrogen) atoms. The molecule has 0 bridgehead atoms. The van der Waals surface area contributed by atoms with E-state index in [1.807, 2.05) is 35.4 Å². The first-order valence-corrected chi connectivity index (χ1v) is 8.48. The first kappa shape index (κ1) is 15.5. The van der Waals surface area contributed by atoms with Gasteiger partial charge in [-0.25, -0.2) is 9.67 Å². The fraction of sp³-hybridized carbons (Fsp3) is 0.353. The van der Waals surface area contributed by atoms with Crippen LogP contribution in [0.5, 0.6) is 0 Å². The summed E-state index contributed by atoms with van der Waals surface area (Å²) in [7, 11) is 0. The molecule has 1 aliphatic carbocycles. The summed E-state index contributed by atoms with van der Waals surface area (Å²) in [5.41, 5.74) is 20.1. The Hall–Kier alpha value is -3.03. The molecule has 6 N–H and O–H groups in total. The Morgan fingerprint density at radius 3 is 2.52 bits per heavy atom. The summed E-state index contributed by atoms with van der Waals surface area (Å²) in [5, 5.41) is 4.46. The molecule has 1 fully saturated rings. The van der Waals surface area contributed by atoms with Gasteiger partial charge >= 0.3 is 0 Å². The van der Waals surface area contributed by atoms with Crippen LogP contribution in [0.2, 0.25) is 0 Å². The lowest BCUT2D eigenvalue weighted by Crippen LogP contribution is -2.58. The van der Waals surface area contributed by atoms with E-state index in [1.54, 1.807) is 10.9 Å². The molecule has 1 aliphatic heterocycles. The van der Waals surface area contributed by atoms with Gasteiger partial charge in [-0.05, 0) is 37.8 Å². The summed E-state index contributed by atoms with van der Waals surface area (Å²) >= 11 is 0. The van der Waals surface area contributed by atoms with E-state index in [2.05, 4.69) is 15.1 Å². The fourth-order valence-electron chi connectivity index (χ4n) is 3.75. The van der Waals surface area contributed by atoms with Crippen molar-refractivity contribution in [3.63, 3.8) is 0 Å². The van der Waals surface area contributed by atoms with Crippen molar-refractivity contribution in [1.82, 2.24) is 9.78 Å². The van der Waals surface area contributed by atoms with Crippen LogP contribution in [0, 0.1) is 0 Å². The Bertz CT molecular complexity index is 844.